The van der Waals surface area contributed by atoms with Gasteiger partial charge in [-0.3, -0.25) is 9.69 Å². The van der Waals surface area contributed by atoms with E-state index in [9.17, 15) is 9.18 Å². The van der Waals surface area contributed by atoms with Crippen molar-refractivity contribution in [3.05, 3.63) is 114 Å². The van der Waals surface area contributed by atoms with Gasteiger partial charge < -0.3 is 4.90 Å². The van der Waals surface area contributed by atoms with Gasteiger partial charge in [0.25, 0.3) is 5.91 Å². The molecule has 0 N–H and O–H groups in total. The Morgan fingerprint density at radius 2 is 1.51 bits per heavy atom. The summed E-state index contributed by atoms with van der Waals surface area (Å²) in [4.78, 5) is 17.8. The summed E-state index contributed by atoms with van der Waals surface area (Å²) in [5, 5.41) is 8.91. The molecule has 1 fully saturated rings. The first-order valence-electron chi connectivity index (χ1n) is 12.8. The van der Waals surface area contributed by atoms with E-state index in [4.69, 9.17) is 5.10 Å². The van der Waals surface area contributed by atoms with E-state index in [2.05, 4.69) is 52.3 Å². The van der Waals surface area contributed by atoms with Crippen LogP contribution >= 0.6 is 0 Å². The van der Waals surface area contributed by atoms with Gasteiger partial charge in [-0.05, 0) is 40.1 Å². The van der Waals surface area contributed by atoms with E-state index in [1.807, 2.05) is 42.5 Å². The fraction of sp³-hybridized carbons (Fsp3) is 0.226. The number of halogens is 1. The number of fused-ring (bicyclic) bond motifs is 1. The van der Waals surface area contributed by atoms with Crippen molar-refractivity contribution in [3.8, 4) is 0 Å². The number of hydrazone groups is 1. The minimum atomic E-state index is -0.203. The van der Waals surface area contributed by atoms with Gasteiger partial charge in [0.2, 0.25) is 0 Å². The molecule has 0 aromatic heterocycles. The average molecular weight is 493 g/mol. The lowest BCUT2D eigenvalue weighted by molar-refractivity contribution is -0.134. The van der Waals surface area contributed by atoms with Gasteiger partial charge in [-0.2, -0.15) is 5.10 Å². The van der Waals surface area contributed by atoms with Crippen LogP contribution in [0.4, 0.5) is 10.1 Å². The molecule has 2 heterocycles. The van der Waals surface area contributed by atoms with Crippen molar-refractivity contribution in [3.63, 3.8) is 0 Å². The highest BCUT2D eigenvalue weighted by Gasteiger charge is 2.34. The molecule has 6 heteroatoms. The molecule has 1 amide bonds. The molecular formula is C31H29FN4O. The van der Waals surface area contributed by atoms with Gasteiger partial charge in [0.15, 0.2) is 0 Å². The second-order valence-corrected chi connectivity index (χ2v) is 9.69. The second kappa shape index (κ2) is 10.1. The minimum absolute atomic E-state index is 0.0102. The predicted molar refractivity (Wildman–Crippen MR) is 146 cm³/mol. The van der Waals surface area contributed by atoms with Crippen LogP contribution in [0.3, 0.4) is 0 Å². The first kappa shape index (κ1) is 23.4. The Balaban J connectivity index is 1.20. The third kappa shape index (κ3) is 4.85. The van der Waals surface area contributed by atoms with Crippen molar-refractivity contribution in [2.24, 2.45) is 5.10 Å². The van der Waals surface area contributed by atoms with Gasteiger partial charge >= 0.3 is 0 Å². The van der Waals surface area contributed by atoms with E-state index in [0.29, 0.717) is 44.8 Å². The van der Waals surface area contributed by atoms with Crippen LogP contribution in [-0.4, -0.2) is 54.3 Å². The molecular weight excluding hydrogens is 463 g/mol. The van der Waals surface area contributed by atoms with E-state index in [1.165, 1.54) is 11.5 Å². The zero-order chi connectivity index (χ0) is 25.2. The normalized spacial score (nSPS) is 18.3. The molecule has 0 aliphatic carbocycles. The zero-order valence-electron chi connectivity index (χ0n) is 20.6. The Labute approximate surface area is 216 Å². The lowest BCUT2D eigenvalue weighted by Crippen LogP contribution is -2.49. The van der Waals surface area contributed by atoms with Crippen LogP contribution in [0.1, 0.15) is 23.6 Å². The second-order valence-electron chi connectivity index (χ2n) is 9.69. The van der Waals surface area contributed by atoms with Crippen LogP contribution in [0.5, 0.6) is 0 Å². The molecule has 0 radical (unpaired) electrons. The van der Waals surface area contributed by atoms with Gasteiger partial charge in [0.1, 0.15) is 5.82 Å². The van der Waals surface area contributed by atoms with Crippen molar-refractivity contribution in [2.75, 3.05) is 37.6 Å². The molecule has 4 aromatic rings. The Bertz CT molecular complexity index is 1450. The number of benzene rings is 4. The molecule has 1 saturated heterocycles. The summed E-state index contributed by atoms with van der Waals surface area (Å²) in [5.41, 5.74) is 3.69. The highest BCUT2D eigenvalue weighted by molar-refractivity contribution is 6.05. The highest BCUT2D eigenvalue weighted by atomic mass is 19.1. The molecule has 5 nitrogen and oxygen atoms in total. The topological polar surface area (TPSA) is 39.2 Å². The van der Waals surface area contributed by atoms with E-state index in [1.54, 1.807) is 11.1 Å². The Morgan fingerprint density at radius 3 is 2.30 bits per heavy atom. The number of carbonyl (C=O) groups excluding carboxylic acids is 1. The third-order valence-electron chi connectivity index (χ3n) is 7.36. The van der Waals surface area contributed by atoms with Crippen molar-refractivity contribution in [1.82, 2.24) is 9.91 Å². The first-order valence-corrected chi connectivity index (χ1v) is 12.8. The Kier molecular flexibility index (Phi) is 6.41. The van der Waals surface area contributed by atoms with Crippen LogP contribution in [-0.2, 0) is 4.79 Å². The molecule has 0 saturated carbocycles. The number of hydrogen-bond acceptors (Lipinski definition) is 4. The molecule has 0 spiro atoms. The monoisotopic (exact) mass is 492 g/mol. The summed E-state index contributed by atoms with van der Waals surface area (Å²) >= 11 is 0. The average Bonchev–Trinajstić information content (AvgIpc) is 3.40. The molecule has 0 unspecified atom stereocenters. The molecule has 2 aliphatic rings. The standard InChI is InChI=1S/C31H29FN4O/c32-27-12-6-7-13-29(27)35-18-16-34(17-19-35)22-31(37)36-30(24-9-2-1-3-10-24)21-28(33-36)26-15-14-23-8-4-5-11-25(23)20-26/h1-15,20,30H,16-19,21-22H2/t30-/m1/s1. The van der Waals surface area contributed by atoms with Crippen LogP contribution in [0.15, 0.2) is 102 Å². The number of hydrogen-bond donors (Lipinski definition) is 0. The molecule has 2 aliphatic heterocycles. The number of anilines is 1. The van der Waals surface area contributed by atoms with Gasteiger partial charge in [-0.25, -0.2) is 9.40 Å². The lowest BCUT2D eigenvalue weighted by atomic mass is 9.97. The molecule has 1 atom stereocenters. The highest BCUT2D eigenvalue weighted by Crippen LogP contribution is 2.33. The summed E-state index contributed by atoms with van der Waals surface area (Å²) in [6, 6.07) is 31.5. The van der Waals surface area contributed by atoms with Crippen LogP contribution in [0.25, 0.3) is 10.8 Å². The molecule has 186 valence electrons. The number of para-hydroxylation sites is 1. The van der Waals surface area contributed by atoms with Crippen molar-refractivity contribution < 1.29 is 9.18 Å². The maximum absolute atomic E-state index is 14.2. The lowest BCUT2D eigenvalue weighted by Gasteiger charge is -2.36. The van der Waals surface area contributed by atoms with Gasteiger partial charge in [0.05, 0.1) is 24.0 Å². The number of carbonyl (C=O) groups is 1. The van der Waals surface area contributed by atoms with E-state index >= 15 is 0 Å². The van der Waals surface area contributed by atoms with E-state index in [0.717, 1.165) is 22.2 Å². The number of rotatable bonds is 5. The third-order valence-corrected chi connectivity index (χ3v) is 7.36. The largest absolute Gasteiger partial charge is 0.367 e. The number of nitrogens with zero attached hydrogens (tertiary/aromatic N) is 4. The predicted octanol–water partition coefficient (Wildman–Crippen LogP) is 5.48. The van der Waals surface area contributed by atoms with Crippen LogP contribution in [0.2, 0.25) is 0 Å². The van der Waals surface area contributed by atoms with Crippen molar-refractivity contribution in [1.29, 1.82) is 0 Å². The quantitative estimate of drug-likeness (QED) is 0.370. The fourth-order valence-corrected chi connectivity index (χ4v) is 5.34. The maximum atomic E-state index is 14.2. The SMILES string of the molecule is O=C(CN1CCN(c2ccccc2F)CC1)N1N=C(c2ccc3ccccc3c2)C[C@@H]1c1ccccc1. The van der Waals surface area contributed by atoms with Gasteiger partial charge in [-0.15, -0.1) is 0 Å². The summed E-state index contributed by atoms with van der Waals surface area (Å²) in [7, 11) is 0. The number of amides is 1. The van der Waals surface area contributed by atoms with Crippen molar-refractivity contribution >= 4 is 28.1 Å². The zero-order valence-corrected chi connectivity index (χ0v) is 20.6. The molecule has 4 aromatic carbocycles. The van der Waals surface area contributed by atoms with Gasteiger partial charge in [-0.1, -0.05) is 78.9 Å². The summed E-state index contributed by atoms with van der Waals surface area (Å²) in [6.45, 7) is 3.06. The smallest absolute Gasteiger partial charge is 0.257 e. The van der Waals surface area contributed by atoms with Crippen LogP contribution < -0.4 is 4.90 Å². The van der Waals surface area contributed by atoms with Crippen LogP contribution in [0, 0.1) is 5.82 Å². The maximum Gasteiger partial charge on any atom is 0.257 e. The molecule has 0 bridgehead atoms. The fourth-order valence-electron chi connectivity index (χ4n) is 5.34. The molecule has 6 rings (SSSR count). The minimum Gasteiger partial charge on any atom is -0.367 e. The summed E-state index contributed by atoms with van der Waals surface area (Å²) in [5.74, 6) is -0.214. The van der Waals surface area contributed by atoms with E-state index < -0.39 is 0 Å². The Hall–Kier alpha value is -4.03. The Morgan fingerprint density at radius 1 is 0.811 bits per heavy atom. The van der Waals surface area contributed by atoms with E-state index in [-0.39, 0.29) is 17.8 Å². The number of piperazine rings is 1. The van der Waals surface area contributed by atoms with Crippen molar-refractivity contribution in [2.45, 2.75) is 12.5 Å². The molecule has 37 heavy (non-hydrogen) atoms. The van der Waals surface area contributed by atoms with Gasteiger partial charge in [0, 0.05) is 32.6 Å². The summed E-state index contributed by atoms with van der Waals surface area (Å²) < 4.78 is 14.2. The first-order chi connectivity index (χ1) is 18.2. The summed E-state index contributed by atoms with van der Waals surface area (Å²) in [6.07, 6.45) is 0.676.